The number of para-hydroxylation sites is 1. The lowest BCUT2D eigenvalue weighted by atomic mass is 10.3. The van der Waals surface area contributed by atoms with Gasteiger partial charge < -0.3 is 30.6 Å². The van der Waals surface area contributed by atoms with Crippen molar-refractivity contribution in [2.24, 2.45) is 0 Å². The Morgan fingerprint density at radius 1 is 0.556 bits per heavy atom. The molecule has 0 radical (unpaired) electrons. The van der Waals surface area contributed by atoms with Gasteiger partial charge >= 0.3 is 0 Å². The van der Waals surface area contributed by atoms with Crippen molar-refractivity contribution >= 4 is 0 Å². The molecule has 6 N–H and O–H groups in total. The van der Waals surface area contributed by atoms with E-state index in [2.05, 4.69) is 0 Å². The molecular weight excluding hydrogens is 240 g/mol. The minimum atomic E-state index is -0.475. The second kappa shape index (κ2) is 5.53. The molecule has 0 aliphatic carbocycles. The highest BCUT2D eigenvalue weighted by Gasteiger charge is 2.01. The summed E-state index contributed by atoms with van der Waals surface area (Å²) in [5, 5.41) is 52.1. The van der Waals surface area contributed by atoms with Gasteiger partial charge in [0.2, 0.25) is 0 Å². The minimum Gasteiger partial charge on any atom is -0.508 e. The molecule has 0 fully saturated rings. The van der Waals surface area contributed by atoms with Crippen LogP contribution in [-0.4, -0.2) is 30.6 Å². The highest BCUT2D eigenvalue weighted by atomic mass is 16.3. The van der Waals surface area contributed by atoms with Gasteiger partial charge in [0, 0.05) is 6.07 Å². The Kier molecular flexibility index (Phi) is 4.09. The van der Waals surface area contributed by atoms with Crippen LogP contribution in [0.2, 0.25) is 0 Å². The Morgan fingerprint density at radius 2 is 1.11 bits per heavy atom. The van der Waals surface area contributed by atoms with Crippen LogP contribution in [0.4, 0.5) is 0 Å². The van der Waals surface area contributed by atoms with E-state index in [1.165, 1.54) is 30.3 Å². The third kappa shape index (κ3) is 3.38. The largest absolute Gasteiger partial charge is 0.508 e. The topological polar surface area (TPSA) is 121 Å². The summed E-state index contributed by atoms with van der Waals surface area (Å²) in [6.45, 7) is 0. The van der Waals surface area contributed by atoms with Crippen molar-refractivity contribution in [1.29, 1.82) is 0 Å². The van der Waals surface area contributed by atoms with E-state index in [0.29, 0.717) is 0 Å². The Labute approximate surface area is 102 Å². The third-order valence-corrected chi connectivity index (χ3v) is 1.95. The summed E-state index contributed by atoms with van der Waals surface area (Å²) in [6.07, 6.45) is 0. The molecule has 2 rings (SSSR count). The summed E-state index contributed by atoms with van der Waals surface area (Å²) in [5.41, 5.74) is 0. The zero-order valence-corrected chi connectivity index (χ0v) is 9.15. The predicted molar refractivity (Wildman–Crippen MR) is 62.9 cm³/mol. The average Bonchev–Trinajstić information content (AvgIpc) is 2.32. The highest BCUT2D eigenvalue weighted by Crippen LogP contribution is 2.32. The molecule has 0 bridgehead atoms. The number of rotatable bonds is 0. The first-order chi connectivity index (χ1) is 8.41. The first-order valence-electron chi connectivity index (χ1n) is 4.82. The van der Waals surface area contributed by atoms with Gasteiger partial charge in [0.05, 0.1) is 0 Å². The summed E-state index contributed by atoms with van der Waals surface area (Å²) >= 11 is 0. The number of aromatic hydroxyl groups is 6. The molecule has 18 heavy (non-hydrogen) atoms. The van der Waals surface area contributed by atoms with Gasteiger partial charge in [-0.3, -0.25) is 0 Å². The minimum absolute atomic E-state index is 0.0645. The van der Waals surface area contributed by atoms with E-state index < -0.39 is 5.75 Å². The fraction of sp³-hybridized carbons (Fsp3) is 0. The summed E-state index contributed by atoms with van der Waals surface area (Å²) < 4.78 is 0. The monoisotopic (exact) mass is 252 g/mol. The van der Waals surface area contributed by atoms with Gasteiger partial charge in [-0.2, -0.15) is 0 Å². The van der Waals surface area contributed by atoms with Crippen molar-refractivity contribution in [3.8, 4) is 34.5 Å². The first kappa shape index (κ1) is 13.3. The Hall–Kier alpha value is -2.76. The van der Waals surface area contributed by atoms with Crippen LogP contribution in [0.25, 0.3) is 0 Å². The maximum absolute atomic E-state index is 8.71. The highest BCUT2D eigenvalue weighted by molar-refractivity contribution is 5.47. The summed E-state index contributed by atoms with van der Waals surface area (Å²) in [6, 6.07) is 7.57. The van der Waals surface area contributed by atoms with Crippen LogP contribution in [0.3, 0.4) is 0 Å². The maximum Gasteiger partial charge on any atom is 0.200 e. The van der Waals surface area contributed by atoms with Gasteiger partial charge in [0.15, 0.2) is 28.7 Å². The lowest BCUT2D eigenvalue weighted by Gasteiger charge is -1.96. The van der Waals surface area contributed by atoms with E-state index in [9.17, 15) is 0 Å². The Morgan fingerprint density at radius 3 is 1.50 bits per heavy atom. The zero-order chi connectivity index (χ0) is 13.7. The SMILES string of the molecule is Oc1ccc(O)c(O)c1.Oc1cccc(O)c1O. The Bertz CT molecular complexity index is 518. The molecule has 0 atom stereocenters. The van der Waals surface area contributed by atoms with Gasteiger partial charge in [-0.15, -0.1) is 0 Å². The number of phenols is 6. The van der Waals surface area contributed by atoms with Gasteiger partial charge in [-0.05, 0) is 24.3 Å². The molecule has 6 heteroatoms. The van der Waals surface area contributed by atoms with Crippen LogP contribution in [-0.2, 0) is 0 Å². The van der Waals surface area contributed by atoms with Crippen LogP contribution in [0, 0.1) is 0 Å². The number of benzene rings is 2. The van der Waals surface area contributed by atoms with Crippen molar-refractivity contribution < 1.29 is 30.6 Å². The second-order valence-electron chi connectivity index (χ2n) is 3.32. The molecule has 0 heterocycles. The normalized spacial score (nSPS) is 9.33. The fourth-order valence-electron chi connectivity index (χ4n) is 1.03. The van der Waals surface area contributed by atoms with Crippen molar-refractivity contribution in [2.45, 2.75) is 0 Å². The van der Waals surface area contributed by atoms with Gasteiger partial charge in [-0.25, -0.2) is 0 Å². The van der Waals surface area contributed by atoms with E-state index in [4.69, 9.17) is 30.6 Å². The molecule has 0 spiro atoms. The summed E-state index contributed by atoms with van der Waals surface area (Å²) in [5.74, 6) is -1.70. The molecule has 0 aliphatic heterocycles. The standard InChI is InChI=1S/2C6H6O3/c7-4-1-2-5(8)6(9)3-4;7-4-2-1-3-5(8)6(4)9/h2*1-3,7-9H. The van der Waals surface area contributed by atoms with Crippen LogP contribution >= 0.6 is 0 Å². The van der Waals surface area contributed by atoms with E-state index in [-0.39, 0.29) is 28.7 Å². The number of phenolic OH excluding ortho intramolecular Hbond substituents is 6. The quantitative estimate of drug-likeness (QED) is 0.313. The van der Waals surface area contributed by atoms with Crippen LogP contribution in [0.1, 0.15) is 0 Å². The van der Waals surface area contributed by atoms with Gasteiger partial charge in [0.1, 0.15) is 5.75 Å². The van der Waals surface area contributed by atoms with Crippen molar-refractivity contribution in [3.63, 3.8) is 0 Å². The smallest absolute Gasteiger partial charge is 0.200 e. The molecular formula is C12H12O6. The molecule has 0 unspecified atom stereocenters. The van der Waals surface area contributed by atoms with Crippen molar-refractivity contribution in [1.82, 2.24) is 0 Å². The van der Waals surface area contributed by atoms with Crippen LogP contribution < -0.4 is 0 Å². The third-order valence-electron chi connectivity index (χ3n) is 1.95. The lowest BCUT2D eigenvalue weighted by Crippen LogP contribution is -1.67. The van der Waals surface area contributed by atoms with E-state index in [1.54, 1.807) is 0 Å². The lowest BCUT2D eigenvalue weighted by molar-refractivity contribution is 0.368. The number of hydrogen-bond donors (Lipinski definition) is 6. The van der Waals surface area contributed by atoms with E-state index in [0.717, 1.165) is 6.07 Å². The Balaban J connectivity index is 0.000000180. The summed E-state index contributed by atoms with van der Waals surface area (Å²) in [4.78, 5) is 0. The molecule has 2 aromatic carbocycles. The molecule has 0 saturated carbocycles. The molecule has 0 amide bonds. The number of hydrogen-bond acceptors (Lipinski definition) is 6. The molecule has 0 aliphatic rings. The van der Waals surface area contributed by atoms with Crippen molar-refractivity contribution in [2.75, 3.05) is 0 Å². The van der Waals surface area contributed by atoms with Crippen LogP contribution in [0.15, 0.2) is 36.4 Å². The van der Waals surface area contributed by atoms with Crippen molar-refractivity contribution in [3.05, 3.63) is 36.4 Å². The first-order valence-corrected chi connectivity index (χ1v) is 4.82. The van der Waals surface area contributed by atoms with E-state index >= 15 is 0 Å². The zero-order valence-electron chi connectivity index (χ0n) is 9.15. The van der Waals surface area contributed by atoms with Gasteiger partial charge in [0.25, 0.3) is 0 Å². The van der Waals surface area contributed by atoms with Gasteiger partial charge in [-0.1, -0.05) is 6.07 Å². The molecule has 2 aromatic rings. The van der Waals surface area contributed by atoms with Crippen LogP contribution in [0.5, 0.6) is 34.5 Å². The predicted octanol–water partition coefficient (Wildman–Crippen LogP) is 1.61. The average molecular weight is 252 g/mol. The molecule has 0 aromatic heterocycles. The van der Waals surface area contributed by atoms with E-state index in [1.807, 2.05) is 0 Å². The summed E-state index contributed by atoms with van der Waals surface area (Å²) in [7, 11) is 0. The fourth-order valence-corrected chi connectivity index (χ4v) is 1.03. The molecule has 0 saturated heterocycles. The molecule has 6 nitrogen and oxygen atoms in total. The maximum atomic E-state index is 8.71. The second-order valence-corrected chi connectivity index (χ2v) is 3.32. The molecule has 96 valence electrons.